The van der Waals surface area contributed by atoms with Gasteiger partial charge in [-0.2, -0.15) is 8.78 Å². The number of aromatic nitrogens is 1. The molecule has 1 aromatic heterocycles. The Morgan fingerprint density at radius 3 is 2.81 bits per heavy atom. The summed E-state index contributed by atoms with van der Waals surface area (Å²) in [5.74, 6) is -2.73. The third-order valence-electron chi connectivity index (χ3n) is 1.99. The van der Waals surface area contributed by atoms with Gasteiger partial charge in [-0.3, -0.25) is 4.57 Å². The summed E-state index contributed by atoms with van der Waals surface area (Å²) in [5, 5.41) is 0.849. The minimum atomic E-state index is -2.73. The number of carbonyl (C=O) groups is 1. The summed E-state index contributed by atoms with van der Waals surface area (Å²) in [6.45, 7) is 0. The fraction of sp³-hybridized carbons (Fsp3) is 0.100. The van der Waals surface area contributed by atoms with Crippen LogP contribution in [-0.4, -0.2) is 16.4 Å². The predicted molar refractivity (Wildman–Crippen MR) is 57.4 cm³/mol. The quantitative estimate of drug-likeness (QED) is 0.756. The minimum Gasteiger partial charge on any atom is -0.368 e. The van der Waals surface area contributed by atoms with Crippen molar-refractivity contribution >= 4 is 29.0 Å². The number of hydrogen-bond acceptors (Lipinski definition) is 3. The lowest BCUT2D eigenvalue weighted by Crippen LogP contribution is -2.09. The maximum absolute atomic E-state index is 11.8. The molecule has 0 bridgehead atoms. The highest BCUT2D eigenvalue weighted by atomic mass is 32.2. The molecule has 84 valence electrons. The van der Waals surface area contributed by atoms with Crippen LogP contribution in [0.2, 0.25) is 0 Å². The molecule has 0 atom stereocenters. The second-order valence-electron chi connectivity index (χ2n) is 2.95. The fourth-order valence-electron chi connectivity index (χ4n) is 1.36. The molecule has 16 heavy (non-hydrogen) atoms. The zero-order valence-corrected chi connectivity index (χ0v) is 8.79. The molecule has 0 aliphatic rings. The van der Waals surface area contributed by atoms with Gasteiger partial charge in [-0.1, -0.05) is 18.2 Å². The maximum atomic E-state index is 11.8. The molecule has 0 N–H and O–H groups in total. The van der Waals surface area contributed by atoms with Gasteiger partial charge in [0.1, 0.15) is 12.0 Å². The summed E-state index contributed by atoms with van der Waals surface area (Å²) in [7, 11) is 0. The molecule has 2 rings (SSSR count). The van der Waals surface area contributed by atoms with Gasteiger partial charge in [0.2, 0.25) is 0 Å². The van der Waals surface area contributed by atoms with E-state index in [0.717, 1.165) is 5.39 Å². The second kappa shape index (κ2) is 4.52. The van der Waals surface area contributed by atoms with Crippen LogP contribution in [0.1, 0.15) is 0 Å². The Morgan fingerprint density at radius 2 is 2.06 bits per heavy atom. The molecular weight excluding hydrogens is 236 g/mol. The molecule has 0 saturated heterocycles. The average molecular weight is 243 g/mol. The average Bonchev–Trinajstić information content (AvgIpc) is 2.69. The molecule has 0 fully saturated rings. The van der Waals surface area contributed by atoms with E-state index in [9.17, 15) is 13.6 Å². The molecule has 0 unspecified atom stereocenters. The van der Waals surface area contributed by atoms with Gasteiger partial charge in [0, 0.05) is 11.6 Å². The van der Waals surface area contributed by atoms with Crippen molar-refractivity contribution in [3.63, 3.8) is 0 Å². The summed E-state index contributed by atoms with van der Waals surface area (Å²) in [4.78, 5) is 11.4. The first-order valence-corrected chi connectivity index (χ1v) is 5.21. The molecular formula is C10H7F2NO2S. The highest BCUT2D eigenvalue weighted by molar-refractivity contribution is 7.95. The number of nitrogens with zero attached hydrogens (tertiary/aromatic N) is 1. The lowest BCUT2D eigenvalue weighted by Gasteiger charge is -2.03. The van der Waals surface area contributed by atoms with Gasteiger partial charge in [-0.25, -0.2) is 4.79 Å². The number of fused-ring (bicyclic) bond motifs is 1. The highest BCUT2D eigenvalue weighted by Gasteiger charge is 2.13. The number of benzene rings is 1. The molecule has 1 aromatic carbocycles. The molecule has 2 aromatic rings. The summed E-state index contributed by atoms with van der Waals surface area (Å²) in [6.07, 6.45) is 0.658. The Morgan fingerprint density at radius 1 is 1.31 bits per heavy atom. The van der Waals surface area contributed by atoms with Crippen molar-refractivity contribution in [2.75, 3.05) is 0 Å². The van der Waals surface area contributed by atoms with E-state index in [-0.39, 0.29) is 12.0 Å². The van der Waals surface area contributed by atoms with Crippen LogP contribution in [-0.2, 0) is 4.18 Å². The van der Waals surface area contributed by atoms with Crippen molar-refractivity contribution in [1.29, 1.82) is 0 Å². The smallest absolute Gasteiger partial charge is 0.368 e. The highest BCUT2D eigenvalue weighted by Crippen LogP contribution is 2.19. The van der Waals surface area contributed by atoms with Crippen molar-refractivity contribution in [3.8, 4) is 0 Å². The number of carbonyl (C=O) groups excluding carboxylic acids is 1. The number of alkyl halides is 2. The summed E-state index contributed by atoms with van der Waals surface area (Å²) >= 11 is -0.158. The van der Waals surface area contributed by atoms with Crippen LogP contribution in [0, 0.1) is 0 Å². The Bertz CT molecular complexity index is 512. The fourth-order valence-corrected chi connectivity index (χ4v) is 1.60. The van der Waals surface area contributed by atoms with Crippen molar-refractivity contribution in [2.45, 2.75) is 5.76 Å². The van der Waals surface area contributed by atoms with E-state index in [1.165, 1.54) is 10.8 Å². The summed E-state index contributed by atoms with van der Waals surface area (Å²) in [6, 6.07) is 8.82. The van der Waals surface area contributed by atoms with Crippen molar-refractivity contribution in [3.05, 3.63) is 36.5 Å². The van der Waals surface area contributed by atoms with E-state index in [1.54, 1.807) is 18.2 Å². The van der Waals surface area contributed by atoms with Crippen LogP contribution in [0.3, 0.4) is 0 Å². The molecule has 0 amide bonds. The predicted octanol–water partition coefficient (Wildman–Crippen LogP) is 3.50. The monoisotopic (exact) mass is 243 g/mol. The van der Waals surface area contributed by atoms with Crippen LogP contribution in [0.15, 0.2) is 36.5 Å². The zero-order chi connectivity index (χ0) is 11.5. The molecule has 1 heterocycles. The van der Waals surface area contributed by atoms with Crippen LogP contribution in [0.25, 0.3) is 10.9 Å². The van der Waals surface area contributed by atoms with Gasteiger partial charge in [-0.15, -0.1) is 0 Å². The van der Waals surface area contributed by atoms with Gasteiger partial charge < -0.3 is 4.18 Å². The topological polar surface area (TPSA) is 31.2 Å². The molecule has 0 spiro atoms. The van der Waals surface area contributed by atoms with Crippen molar-refractivity contribution < 1.29 is 17.8 Å². The first kappa shape index (κ1) is 10.9. The van der Waals surface area contributed by atoms with Gasteiger partial charge >= 0.3 is 11.9 Å². The van der Waals surface area contributed by atoms with Gasteiger partial charge in [0.15, 0.2) is 0 Å². The van der Waals surface area contributed by atoms with E-state index < -0.39 is 11.9 Å². The van der Waals surface area contributed by atoms with E-state index in [2.05, 4.69) is 4.18 Å². The van der Waals surface area contributed by atoms with Crippen LogP contribution < -0.4 is 0 Å². The standard InChI is InChI=1S/C10H7F2NO2S/c11-9(12)16-15-10(14)13-6-5-7-3-1-2-4-8(7)13/h1-6,9H. The number of para-hydroxylation sites is 1. The molecule has 0 saturated carbocycles. The van der Waals surface area contributed by atoms with Crippen molar-refractivity contribution in [1.82, 2.24) is 4.57 Å². The first-order chi connectivity index (χ1) is 7.68. The first-order valence-electron chi connectivity index (χ1n) is 4.40. The van der Waals surface area contributed by atoms with Gasteiger partial charge in [0.25, 0.3) is 0 Å². The Hall–Kier alpha value is -1.56. The number of rotatable bonds is 2. The molecule has 0 aliphatic carbocycles. The second-order valence-corrected chi connectivity index (χ2v) is 3.67. The Balaban J connectivity index is 2.23. The Labute approximate surface area is 94.2 Å². The normalized spacial score (nSPS) is 10.9. The number of halogens is 2. The third-order valence-corrected chi connectivity index (χ3v) is 2.37. The summed E-state index contributed by atoms with van der Waals surface area (Å²) < 4.78 is 29.2. The largest absolute Gasteiger partial charge is 0.430 e. The lowest BCUT2D eigenvalue weighted by atomic mass is 10.2. The molecule has 0 radical (unpaired) electrons. The van der Waals surface area contributed by atoms with Crippen LogP contribution in [0.4, 0.5) is 13.6 Å². The van der Waals surface area contributed by atoms with Gasteiger partial charge in [0.05, 0.1) is 5.52 Å². The van der Waals surface area contributed by atoms with Crippen LogP contribution in [0.5, 0.6) is 0 Å². The van der Waals surface area contributed by atoms with Gasteiger partial charge in [-0.05, 0) is 12.1 Å². The summed E-state index contributed by atoms with van der Waals surface area (Å²) in [5.41, 5.74) is 0.627. The lowest BCUT2D eigenvalue weighted by molar-refractivity contribution is 0.201. The molecule has 6 heteroatoms. The zero-order valence-electron chi connectivity index (χ0n) is 7.97. The molecule has 0 aliphatic heterocycles. The maximum Gasteiger partial charge on any atom is 0.430 e. The SMILES string of the molecule is O=C(OSC(F)F)n1ccc2ccccc21. The van der Waals surface area contributed by atoms with Crippen LogP contribution >= 0.6 is 12.0 Å². The third kappa shape index (κ3) is 2.16. The minimum absolute atomic E-state index is 0.158. The Kier molecular flexibility index (Phi) is 3.09. The van der Waals surface area contributed by atoms with Crippen molar-refractivity contribution in [2.24, 2.45) is 0 Å². The van der Waals surface area contributed by atoms with E-state index in [0.29, 0.717) is 5.52 Å². The molecule has 3 nitrogen and oxygen atoms in total. The van der Waals surface area contributed by atoms with E-state index >= 15 is 0 Å². The van der Waals surface area contributed by atoms with E-state index in [1.807, 2.05) is 12.1 Å². The number of hydrogen-bond donors (Lipinski definition) is 0. The van der Waals surface area contributed by atoms with E-state index in [4.69, 9.17) is 0 Å².